The Balaban J connectivity index is 1.76. The van der Waals surface area contributed by atoms with Gasteiger partial charge in [-0.05, 0) is 34.3 Å². The van der Waals surface area contributed by atoms with Crippen molar-refractivity contribution in [2.75, 3.05) is 13.2 Å². The minimum Gasteiger partial charge on any atom is -0.457 e. The zero-order chi connectivity index (χ0) is 15.4. The molecule has 0 spiro atoms. The molecule has 4 nitrogen and oxygen atoms in total. The fourth-order valence-corrected chi connectivity index (χ4v) is 3.00. The van der Waals surface area contributed by atoms with Crippen molar-refractivity contribution in [1.82, 2.24) is 4.90 Å². The van der Waals surface area contributed by atoms with E-state index in [0.29, 0.717) is 23.3 Å². The van der Waals surface area contributed by atoms with Crippen molar-refractivity contribution in [3.05, 3.63) is 58.5 Å². The summed E-state index contributed by atoms with van der Waals surface area (Å²) in [5, 5.41) is 0. The predicted molar refractivity (Wildman–Crippen MR) is 86.6 cm³/mol. The summed E-state index contributed by atoms with van der Waals surface area (Å²) >= 11 is 3.24. The lowest BCUT2D eigenvalue weighted by Gasteiger charge is -2.25. The molecule has 1 aromatic carbocycles. The second-order valence-electron chi connectivity index (χ2n) is 5.45. The van der Waals surface area contributed by atoms with Crippen LogP contribution in [0.15, 0.2) is 51.7 Å². The van der Waals surface area contributed by atoms with Gasteiger partial charge in [-0.3, -0.25) is 4.79 Å². The number of halogens is 1. The zero-order valence-corrected chi connectivity index (χ0v) is 13.8. The summed E-state index contributed by atoms with van der Waals surface area (Å²) in [5.74, 6) is -0.0335. The molecule has 22 heavy (non-hydrogen) atoms. The van der Waals surface area contributed by atoms with Gasteiger partial charge in [0.25, 0.3) is 5.91 Å². The molecule has 3 rings (SSSR count). The number of nitrogens with zero attached hydrogens (tertiary/aromatic N) is 1. The molecule has 1 unspecified atom stereocenters. The van der Waals surface area contributed by atoms with Crippen LogP contribution in [0.1, 0.15) is 28.8 Å². The van der Waals surface area contributed by atoms with Gasteiger partial charge in [0.05, 0.1) is 11.7 Å². The molecule has 0 radical (unpaired) electrons. The molecule has 1 saturated heterocycles. The number of furan rings is 1. The van der Waals surface area contributed by atoms with E-state index in [9.17, 15) is 4.79 Å². The largest absolute Gasteiger partial charge is 0.457 e. The molecule has 1 aliphatic rings. The average molecular weight is 364 g/mol. The van der Waals surface area contributed by atoms with Crippen LogP contribution in [-0.2, 0) is 11.3 Å². The van der Waals surface area contributed by atoms with Crippen LogP contribution in [0.3, 0.4) is 0 Å². The molecule has 0 aliphatic carbocycles. The van der Waals surface area contributed by atoms with Crippen LogP contribution in [0, 0.1) is 0 Å². The Morgan fingerprint density at radius 1 is 1.32 bits per heavy atom. The third kappa shape index (κ3) is 3.78. The van der Waals surface area contributed by atoms with Crippen molar-refractivity contribution in [2.24, 2.45) is 0 Å². The summed E-state index contributed by atoms with van der Waals surface area (Å²) in [4.78, 5) is 14.6. The Bertz CT molecular complexity index is 620. The summed E-state index contributed by atoms with van der Waals surface area (Å²) in [6, 6.07) is 11.7. The van der Waals surface area contributed by atoms with Crippen molar-refractivity contribution >= 4 is 21.8 Å². The molecule has 2 heterocycles. The lowest BCUT2D eigenvalue weighted by molar-refractivity contribution is 0.0506. The number of amides is 1. The molecular weight excluding hydrogens is 346 g/mol. The molecule has 5 heteroatoms. The van der Waals surface area contributed by atoms with Crippen molar-refractivity contribution in [3.63, 3.8) is 0 Å². The normalized spacial score (nSPS) is 17.6. The van der Waals surface area contributed by atoms with Gasteiger partial charge in [0.15, 0.2) is 4.67 Å². The maximum Gasteiger partial charge on any atom is 0.257 e. The van der Waals surface area contributed by atoms with E-state index in [2.05, 4.69) is 15.9 Å². The third-order valence-electron chi connectivity index (χ3n) is 3.77. The fraction of sp³-hybridized carbons (Fsp3) is 0.353. The monoisotopic (exact) mass is 363 g/mol. The van der Waals surface area contributed by atoms with E-state index < -0.39 is 0 Å². The number of hydrogen-bond donors (Lipinski definition) is 0. The number of carbonyl (C=O) groups is 1. The van der Waals surface area contributed by atoms with Crippen LogP contribution in [0.25, 0.3) is 0 Å². The number of ether oxygens (including phenoxy) is 1. The second kappa shape index (κ2) is 7.11. The summed E-state index contributed by atoms with van der Waals surface area (Å²) in [7, 11) is 0. The first kappa shape index (κ1) is 15.3. The first-order valence-corrected chi connectivity index (χ1v) is 8.20. The lowest BCUT2D eigenvalue weighted by Crippen LogP contribution is -2.36. The quantitative estimate of drug-likeness (QED) is 0.809. The van der Waals surface area contributed by atoms with Gasteiger partial charge in [0.2, 0.25) is 0 Å². The molecule has 1 aromatic heterocycles. The molecule has 1 atom stereocenters. The third-order valence-corrected chi connectivity index (χ3v) is 4.18. The molecule has 116 valence electrons. The SMILES string of the molecule is O=C(c1coc(Br)c1)N(Cc1ccccc1)CC1CCCO1. The van der Waals surface area contributed by atoms with E-state index in [1.54, 1.807) is 6.07 Å². The highest BCUT2D eigenvalue weighted by Crippen LogP contribution is 2.20. The maximum absolute atomic E-state index is 12.7. The van der Waals surface area contributed by atoms with Crippen LogP contribution >= 0.6 is 15.9 Å². The van der Waals surface area contributed by atoms with Gasteiger partial charge < -0.3 is 14.1 Å². The molecule has 1 amide bonds. The van der Waals surface area contributed by atoms with Crippen LogP contribution in [0.5, 0.6) is 0 Å². The first-order chi connectivity index (χ1) is 10.7. The molecule has 0 bridgehead atoms. The topological polar surface area (TPSA) is 42.7 Å². The molecule has 1 aliphatic heterocycles. The van der Waals surface area contributed by atoms with Crippen LogP contribution in [-0.4, -0.2) is 30.1 Å². The van der Waals surface area contributed by atoms with Gasteiger partial charge in [0, 0.05) is 25.8 Å². The molecule has 1 fully saturated rings. The van der Waals surface area contributed by atoms with Crippen LogP contribution in [0.4, 0.5) is 0 Å². The van der Waals surface area contributed by atoms with Crippen molar-refractivity contribution in [3.8, 4) is 0 Å². The van der Waals surface area contributed by atoms with Gasteiger partial charge in [-0.2, -0.15) is 0 Å². The van der Waals surface area contributed by atoms with E-state index in [1.807, 2.05) is 35.2 Å². The highest BCUT2D eigenvalue weighted by atomic mass is 79.9. The highest BCUT2D eigenvalue weighted by molar-refractivity contribution is 9.10. The number of rotatable bonds is 5. The molecular formula is C17H18BrNO3. The summed E-state index contributed by atoms with van der Waals surface area (Å²) in [5.41, 5.74) is 1.66. The van der Waals surface area contributed by atoms with Crippen LogP contribution < -0.4 is 0 Å². The van der Waals surface area contributed by atoms with E-state index in [1.165, 1.54) is 6.26 Å². The standard InChI is InChI=1S/C17H18BrNO3/c18-16-9-14(12-22-16)17(20)19(11-15-7-4-8-21-15)10-13-5-2-1-3-6-13/h1-3,5-6,9,12,15H,4,7-8,10-11H2. The minimum absolute atomic E-state index is 0.0335. The predicted octanol–water partition coefficient (Wildman–Crippen LogP) is 3.86. The Morgan fingerprint density at radius 3 is 2.77 bits per heavy atom. The fourth-order valence-electron chi connectivity index (χ4n) is 2.66. The van der Waals surface area contributed by atoms with E-state index in [4.69, 9.17) is 9.15 Å². The van der Waals surface area contributed by atoms with Crippen molar-refractivity contribution < 1.29 is 13.9 Å². The maximum atomic E-state index is 12.7. The van der Waals surface area contributed by atoms with Crippen molar-refractivity contribution in [1.29, 1.82) is 0 Å². The Morgan fingerprint density at radius 2 is 2.14 bits per heavy atom. The van der Waals surface area contributed by atoms with Gasteiger partial charge in [-0.15, -0.1) is 0 Å². The Labute approximate surface area is 138 Å². The van der Waals surface area contributed by atoms with Crippen LogP contribution in [0.2, 0.25) is 0 Å². The van der Waals surface area contributed by atoms with Gasteiger partial charge in [0.1, 0.15) is 6.26 Å². The average Bonchev–Trinajstić information content (AvgIpc) is 3.18. The number of carbonyl (C=O) groups excluding carboxylic acids is 1. The second-order valence-corrected chi connectivity index (χ2v) is 6.23. The Kier molecular flexibility index (Phi) is 4.95. The van der Waals surface area contributed by atoms with Gasteiger partial charge in [-0.25, -0.2) is 0 Å². The molecule has 2 aromatic rings. The first-order valence-electron chi connectivity index (χ1n) is 7.41. The molecule has 0 saturated carbocycles. The summed E-state index contributed by atoms with van der Waals surface area (Å²) in [6.45, 7) is 1.97. The van der Waals surface area contributed by atoms with E-state index in [0.717, 1.165) is 25.0 Å². The summed E-state index contributed by atoms with van der Waals surface area (Å²) < 4.78 is 11.4. The smallest absolute Gasteiger partial charge is 0.257 e. The summed E-state index contributed by atoms with van der Waals surface area (Å²) in [6.07, 6.45) is 3.69. The van der Waals surface area contributed by atoms with Gasteiger partial charge >= 0.3 is 0 Å². The molecule has 0 N–H and O–H groups in total. The minimum atomic E-state index is -0.0335. The van der Waals surface area contributed by atoms with Crippen molar-refractivity contribution in [2.45, 2.75) is 25.5 Å². The lowest BCUT2D eigenvalue weighted by atomic mass is 10.1. The van der Waals surface area contributed by atoms with E-state index >= 15 is 0 Å². The van der Waals surface area contributed by atoms with E-state index in [-0.39, 0.29) is 12.0 Å². The van der Waals surface area contributed by atoms with Gasteiger partial charge in [-0.1, -0.05) is 30.3 Å². The Hall–Kier alpha value is -1.59. The zero-order valence-electron chi connectivity index (χ0n) is 12.2. The number of hydrogen-bond acceptors (Lipinski definition) is 3. The number of benzene rings is 1. The highest BCUT2D eigenvalue weighted by Gasteiger charge is 2.24.